The lowest BCUT2D eigenvalue weighted by atomic mass is 10.3. The average molecular weight is 346 g/mol. The monoisotopic (exact) mass is 345 g/mol. The summed E-state index contributed by atoms with van der Waals surface area (Å²) in [7, 11) is 0. The van der Waals surface area contributed by atoms with Crippen LogP contribution in [-0.4, -0.2) is 15.0 Å². The van der Waals surface area contributed by atoms with Gasteiger partial charge in [0, 0.05) is 22.9 Å². The van der Waals surface area contributed by atoms with Crippen LogP contribution in [0.3, 0.4) is 0 Å². The number of hydrogen-bond acceptors (Lipinski definition) is 3. The first-order valence-electron chi connectivity index (χ1n) is 6.58. The minimum absolute atomic E-state index is 0.564. The maximum Gasteiger partial charge on any atom is 0.134 e. The van der Waals surface area contributed by atoms with Gasteiger partial charge in [0.05, 0.1) is 5.03 Å². The highest BCUT2D eigenvalue weighted by Crippen LogP contribution is 2.39. The van der Waals surface area contributed by atoms with Crippen molar-refractivity contribution in [3.63, 3.8) is 0 Å². The Labute approximate surface area is 129 Å². The minimum atomic E-state index is 0.564. The molecule has 0 amide bonds. The third-order valence-electron chi connectivity index (χ3n) is 3.35. The number of aromatic amines is 1. The topological polar surface area (TPSA) is 41.6 Å². The number of rotatable bonds is 3. The Bertz CT molecular complexity index is 747. The lowest BCUT2D eigenvalue weighted by Gasteiger charge is -2.02. The molecular weight excluding hydrogens is 334 g/mol. The summed E-state index contributed by atoms with van der Waals surface area (Å²) < 4.78 is 0.869. The number of fused-ring (bicyclic) bond motifs is 1. The maximum atomic E-state index is 4.66. The zero-order valence-electron chi connectivity index (χ0n) is 10.6. The number of benzene rings is 1. The summed E-state index contributed by atoms with van der Waals surface area (Å²) >= 11 is 5.13. The second-order valence-electron chi connectivity index (χ2n) is 4.98. The Morgan fingerprint density at radius 2 is 2.00 bits per heavy atom. The maximum absolute atomic E-state index is 4.66. The first-order valence-corrected chi connectivity index (χ1v) is 8.19. The van der Waals surface area contributed by atoms with E-state index in [4.69, 9.17) is 0 Å². The van der Waals surface area contributed by atoms with Gasteiger partial charge in [0.15, 0.2) is 0 Å². The van der Waals surface area contributed by atoms with Gasteiger partial charge in [0.2, 0.25) is 0 Å². The second-order valence-corrected chi connectivity index (χ2v) is 6.86. The number of H-pyrrole nitrogens is 1. The molecule has 1 aliphatic carbocycles. The van der Waals surface area contributed by atoms with Crippen molar-refractivity contribution >= 4 is 38.6 Å². The van der Waals surface area contributed by atoms with Crippen LogP contribution in [-0.2, 0) is 0 Å². The molecular formula is C15H12BrN3S. The van der Waals surface area contributed by atoms with E-state index in [1.807, 2.05) is 12.1 Å². The number of para-hydroxylation sites is 1. The number of nitrogens with one attached hydrogen (secondary N) is 1. The van der Waals surface area contributed by atoms with E-state index in [1.54, 1.807) is 11.8 Å². The molecule has 2 aromatic heterocycles. The zero-order chi connectivity index (χ0) is 13.5. The molecule has 4 rings (SSSR count). The molecule has 0 bridgehead atoms. The molecule has 3 nitrogen and oxygen atoms in total. The first kappa shape index (κ1) is 12.4. The fourth-order valence-electron chi connectivity index (χ4n) is 2.20. The van der Waals surface area contributed by atoms with E-state index in [0.717, 1.165) is 26.0 Å². The van der Waals surface area contributed by atoms with E-state index >= 15 is 0 Å². The third-order valence-corrected chi connectivity index (χ3v) is 4.62. The van der Waals surface area contributed by atoms with Crippen molar-refractivity contribution in [1.29, 1.82) is 0 Å². The summed E-state index contributed by atoms with van der Waals surface area (Å²) in [5.41, 5.74) is 1.16. The Hall–Kier alpha value is -1.33. The molecule has 1 N–H and O–H groups in total. The molecule has 1 aliphatic rings. The van der Waals surface area contributed by atoms with Crippen LogP contribution in [0, 0.1) is 0 Å². The minimum Gasteiger partial charge on any atom is -0.349 e. The van der Waals surface area contributed by atoms with E-state index in [2.05, 4.69) is 55.1 Å². The smallest absolute Gasteiger partial charge is 0.134 e. The molecule has 1 saturated carbocycles. The summed E-state index contributed by atoms with van der Waals surface area (Å²) in [4.78, 5) is 12.5. The standard InChI is InChI=1S/C15H12BrN3S/c16-12-8-14(19-15(18-12)9-5-6-9)20-13-7-10-3-1-2-4-11(10)17-13/h1-4,7-9,17H,5-6H2. The molecule has 0 aliphatic heterocycles. The van der Waals surface area contributed by atoms with Gasteiger partial charge >= 0.3 is 0 Å². The molecule has 0 unspecified atom stereocenters. The molecule has 20 heavy (non-hydrogen) atoms. The lowest BCUT2D eigenvalue weighted by molar-refractivity contribution is 0.866. The van der Waals surface area contributed by atoms with Gasteiger partial charge in [-0.2, -0.15) is 0 Å². The van der Waals surface area contributed by atoms with Crippen molar-refractivity contribution in [2.45, 2.75) is 28.8 Å². The van der Waals surface area contributed by atoms with Crippen LogP contribution in [0.1, 0.15) is 24.6 Å². The van der Waals surface area contributed by atoms with E-state index in [0.29, 0.717) is 5.92 Å². The molecule has 3 aromatic rings. The molecule has 5 heteroatoms. The van der Waals surface area contributed by atoms with E-state index < -0.39 is 0 Å². The van der Waals surface area contributed by atoms with Gasteiger partial charge in [-0.25, -0.2) is 9.97 Å². The van der Waals surface area contributed by atoms with Crippen molar-refractivity contribution in [2.24, 2.45) is 0 Å². The molecule has 100 valence electrons. The van der Waals surface area contributed by atoms with Crippen molar-refractivity contribution in [3.8, 4) is 0 Å². The molecule has 1 aromatic carbocycles. The second kappa shape index (κ2) is 4.90. The lowest BCUT2D eigenvalue weighted by Crippen LogP contribution is -1.94. The highest BCUT2D eigenvalue weighted by molar-refractivity contribution is 9.10. The third kappa shape index (κ3) is 2.47. The van der Waals surface area contributed by atoms with Gasteiger partial charge in [-0.1, -0.05) is 30.0 Å². The highest BCUT2D eigenvalue weighted by Gasteiger charge is 2.27. The van der Waals surface area contributed by atoms with Crippen LogP contribution in [0.5, 0.6) is 0 Å². The van der Waals surface area contributed by atoms with Crippen LogP contribution < -0.4 is 0 Å². The first-order chi connectivity index (χ1) is 9.78. The Kier molecular flexibility index (Phi) is 3.04. The van der Waals surface area contributed by atoms with E-state index in [-0.39, 0.29) is 0 Å². The van der Waals surface area contributed by atoms with Gasteiger partial charge in [-0.15, -0.1) is 0 Å². The van der Waals surface area contributed by atoms with Crippen LogP contribution in [0.15, 0.2) is 51.1 Å². The highest BCUT2D eigenvalue weighted by atomic mass is 79.9. The van der Waals surface area contributed by atoms with Gasteiger partial charge < -0.3 is 4.98 Å². The molecule has 1 fully saturated rings. The molecule has 0 radical (unpaired) electrons. The van der Waals surface area contributed by atoms with Crippen molar-refractivity contribution in [2.75, 3.05) is 0 Å². The summed E-state index contributed by atoms with van der Waals surface area (Å²) in [5.74, 6) is 1.53. The van der Waals surface area contributed by atoms with Crippen molar-refractivity contribution < 1.29 is 0 Å². The Morgan fingerprint density at radius 1 is 1.15 bits per heavy atom. The van der Waals surface area contributed by atoms with Crippen LogP contribution in [0.2, 0.25) is 0 Å². The normalized spacial score (nSPS) is 14.8. The predicted molar refractivity (Wildman–Crippen MR) is 84.1 cm³/mol. The van der Waals surface area contributed by atoms with E-state index in [9.17, 15) is 0 Å². The number of nitrogens with zero attached hydrogens (tertiary/aromatic N) is 2. The quantitative estimate of drug-likeness (QED) is 0.696. The SMILES string of the molecule is Brc1cc(Sc2cc3ccccc3[nH]2)nc(C2CC2)n1. The van der Waals surface area contributed by atoms with Gasteiger partial charge in [-0.05, 0) is 40.9 Å². The van der Waals surface area contributed by atoms with Gasteiger partial charge in [0.25, 0.3) is 0 Å². The number of aromatic nitrogens is 3. The van der Waals surface area contributed by atoms with Gasteiger partial charge in [0.1, 0.15) is 15.5 Å². The molecule has 0 atom stereocenters. The number of hydrogen-bond donors (Lipinski definition) is 1. The van der Waals surface area contributed by atoms with Gasteiger partial charge in [-0.3, -0.25) is 0 Å². The van der Waals surface area contributed by atoms with Crippen LogP contribution in [0.25, 0.3) is 10.9 Å². The molecule has 0 saturated heterocycles. The largest absolute Gasteiger partial charge is 0.349 e. The summed E-state index contributed by atoms with van der Waals surface area (Å²) in [5, 5.41) is 3.32. The molecule has 0 spiro atoms. The van der Waals surface area contributed by atoms with Crippen molar-refractivity contribution in [3.05, 3.63) is 46.8 Å². The average Bonchev–Trinajstić information content (AvgIpc) is 3.19. The summed E-state index contributed by atoms with van der Waals surface area (Å²) in [6.07, 6.45) is 2.43. The Balaban J connectivity index is 1.67. The van der Waals surface area contributed by atoms with Crippen LogP contribution in [0.4, 0.5) is 0 Å². The fraction of sp³-hybridized carbons (Fsp3) is 0.200. The summed E-state index contributed by atoms with van der Waals surface area (Å²) in [6.45, 7) is 0. The predicted octanol–water partition coefficient (Wildman–Crippen LogP) is 4.75. The number of halogens is 1. The Morgan fingerprint density at radius 3 is 2.80 bits per heavy atom. The van der Waals surface area contributed by atoms with Crippen LogP contribution >= 0.6 is 27.7 Å². The molecule has 2 heterocycles. The summed E-state index contributed by atoms with van der Waals surface area (Å²) in [6, 6.07) is 12.4. The fourth-order valence-corrected chi connectivity index (χ4v) is 3.64. The van der Waals surface area contributed by atoms with Crippen molar-refractivity contribution in [1.82, 2.24) is 15.0 Å². The van der Waals surface area contributed by atoms with E-state index in [1.165, 1.54) is 18.2 Å². The zero-order valence-corrected chi connectivity index (χ0v) is 13.0.